The van der Waals surface area contributed by atoms with Crippen LogP contribution < -0.4 is 10.4 Å². The number of rotatable bonds is 7. The summed E-state index contributed by atoms with van der Waals surface area (Å²) in [5.74, 6) is 0.422. The van der Waals surface area contributed by atoms with Gasteiger partial charge in [-0.05, 0) is 51.0 Å². The van der Waals surface area contributed by atoms with E-state index in [0.717, 1.165) is 28.3 Å². The minimum Gasteiger partial charge on any atom is -0.482 e. The Labute approximate surface area is 151 Å². The van der Waals surface area contributed by atoms with Crippen molar-refractivity contribution in [2.45, 2.75) is 32.8 Å². The lowest BCUT2D eigenvalue weighted by Crippen LogP contribution is -2.07. The molecule has 3 aromatic rings. The van der Waals surface area contributed by atoms with Crippen LogP contribution in [0.5, 0.6) is 5.75 Å². The predicted octanol–water partition coefficient (Wildman–Crippen LogP) is 4.58. The molecule has 0 amide bonds. The molecule has 0 saturated carbocycles. The van der Waals surface area contributed by atoms with Crippen LogP contribution in [0.4, 0.5) is 0 Å². The highest BCUT2D eigenvalue weighted by Gasteiger charge is 2.14. The number of hydrogen-bond acceptors (Lipinski definition) is 5. The molecule has 0 aliphatic heterocycles. The Morgan fingerprint density at radius 1 is 1.27 bits per heavy atom. The van der Waals surface area contributed by atoms with Crippen molar-refractivity contribution < 1.29 is 18.7 Å². The number of ether oxygens (including phenoxy) is 1. The van der Waals surface area contributed by atoms with Crippen LogP contribution in [0.15, 0.2) is 68.0 Å². The second-order valence-electron chi connectivity index (χ2n) is 6.48. The minimum atomic E-state index is -0.491. The van der Waals surface area contributed by atoms with E-state index in [1.807, 2.05) is 32.1 Å². The summed E-state index contributed by atoms with van der Waals surface area (Å²) in [4.78, 5) is 11.6. The largest absolute Gasteiger partial charge is 0.482 e. The molecule has 0 bridgehead atoms. The van der Waals surface area contributed by atoms with E-state index in [0.29, 0.717) is 29.9 Å². The molecule has 0 unspecified atom stereocenters. The van der Waals surface area contributed by atoms with Gasteiger partial charge in [0.15, 0.2) is 11.2 Å². The van der Waals surface area contributed by atoms with E-state index >= 15 is 0 Å². The molecule has 2 aromatic heterocycles. The summed E-state index contributed by atoms with van der Waals surface area (Å²) in [5, 5.41) is 11.5. The zero-order valence-corrected chi connectivity index (χ0v) is 15.0. The van der Waals surface area contributed by atoms with Crippen molar-refractivity contribution in [1.82, 2.24) is 0 Å². The van der Waals surface area contributed by atoms with Crippen molar-refractivity contribution in [3.8, 4) is 5.75 Å². The van der Waals surface area contributed by atoms with Gasteiger partial charge in [-0.1, -0.05) is 17.7 Å². The van der Waals surface area contributed by atoms with Gasteiger partial charge in [0, 0.05) is 16.8 Å². The number of furan rings is 1. The summed E-state index contributed by atoms with van der Waals surface area (Å²) in [5.41, 5.74) is 2.36. The van der Waals surface area contributed by atoms with Gasteiger partial charge in [-0.25, -0.2) is 4.79 Å². The molecule has 0 aliphatic carbocycles. The highest BCUT2D eigenvalue weighted by Crippen LogP contribution is 2.34. The number of fused-ring (bicyclic) bond motifs is 2. The lowest BCUT2D eigenvalue weighted by molar-refractivity contribution is 0.201. The van der Waals surface area contributed by atoms with Crippen LogP contribution in [0.25, 0.3) is 21.9 Å². The van der Waals surface area contributed by atoms with Crippen LogP contribution in [0.3, 0.4) is 0 Å². The topological polar surface area (TPSA) is 72.8 Å². The molecule has 2 heterocycles. The Morgan fingerprint density at radius 3 is 2.81 bits per heavy atom. The lowest BCUT2D eigenvalue weighted by atomic mass is 10.0. The summed E-state index contributed by atoms with van der Waals surface area (Å²) in [6.07, 6.45) is 4.41. The van der Waals surface area contributed by atoms with E-state index in [1.165, 1.54) is 6.07 Å². The van der Waals surface area contributed by atoms with Crippen molar-refractivity contribution >= 4 is 21.9 Å². The molecule has 0 spiro atoms. The molecule has 5 heteroatoms. The van der Waals surface area contributed by atoms with Crippen LogP contribution in [0.2, 0.25) is 0 Å². The van der Waals surface area contributed by atoms with Crippen LogP contribution in [-0.4, -0.2) is 17.8 Å². The maximum Gasteiger partial charge on any atom is 0.336 e. The molecule has 136 valence electrons. The van der Waals surface area contributed by atoms with Crippen LogP contribution in [-0.2, 0) is 0 Å². The molecular weight excluding hydrogens is 332 g/mol. The molecule has 0 radical (unpaired) electrons. The van der Waals surface area contributed by atoms with Gasteiger partial charge in [0.25, 0.3) is 0 Å². The van der Waals surface area contributed by atoms with Gasteiger partial charge in [-0.15, -0.1) is 0 Å². The maximum absolute atomic E-state index is 11.6. The molecule has 0 saturated heterocycles. The number of aliphatic hydroxyl groups excluding tert-OH is 1. The summed E-state index contributed by atoms with van der Waals surface area (Å²) in [7, 11) is 0. The van der Waals surface area contributed by atoms with Gasteiger partial charge in [0.05, 0.1) is 12.4 Å². The number of benzene rings is 1. The van der Waals surface area contributed by atoms with Gasteiger partial charge in [-0.3, -0.25) is 0 Å². The summed E-state index contributed by atoms with van der Waals surface area (Å²) < 4.78 is 16.7. The second-order valence-corrected chi connectivity index (χ2v) is 6.48. The molecule has 1 aromatic carbocycles. The standard InChI is InChI=1S/C21H22O5/c1-13(2)17(22)6-4-14(3)8-10-25-21-19-16(9-11-24-19)12-15-5-7-18(23)26-20(15)21/h5,7-9,11-12,17,22H,1,4,6,10H2,2-3H3/b14-8+/t17-/m1/s1. The Bertz CT molecular complexity index is 1020. The van der Waals surface area contributed by atoms with Gasteiger partial charge in [0.2, 0.25) is 5.75 Å². The summed E-state index contributed by atoms with van der Waals surface area (Å²) in [6.45, 7) is 7.86. The van der Waals surface area contributed by atoms with E-state index in [2.05, 4.69) is 6.58 Å². The Morgan fingerprint density at radius 2 is 2.04 bits per heavy atom. The first-order valence-corrected chi connectivity index (χ1v) is 8.51. The highest BCUT2D eigenvalue weighted by atomic mass is 16.5. The molecule has 1 atom stereocenters. The Kier molecular flexibility index (Phi) is 5.28. The summed E-state index contributed by atoms with van der Waals surface area (Å²) >= 11 is 0. The summed E-state index contributed by atoms with van der Waals surface area (Å²) in [6, 6.07) is 6.83. The first-order chi connectivity index (χ1) is 12.5. The van der Waals surface area contributed by atoms with Gasteiger partial charge in [-0.2, -0.15) is 0 Å². The highest BCUT2D eigenvalue weighted by molar-refractivity contribution is 5.99. The van der Waals surface area contributed by atoms with Crippen molar-refractivity contribution in [3.05, 3.63) is 64.7 Å². The monoisotopic (exact) mass is 354 g/mol. The first kappa shape index (κ1) is 18.0. The molecule has 26 heavy (non-hydrogen) atoms. The van der Waals surface area contributed by atoms with E-state index in [4.69, 9.17) is 13.6 Å². The average molecular weight is 354 g/mol. The maximum atomic E-state index is 11.6. The van der Waals surface area contributed by atoms with Crippen molar-refractivity contribution in [2.75, 3.05) is 6.61 Å². The SMILES string of the molecule is C=C(C)[C@H](O)CC/C(C)=C/COc1c2occc2cc2ccc(=O)oc12. The zero-order chi connectivity index (χ0) is 18.7. The number of aliphatic hydroxyl groups is 1. The third-order valence-electron chi connectivity index (χ3n) is 4.32. The van der Waals surface area contributed by atoms with E-state index in [-0.39, 0.29) is 0 Å². The minimum absolute atomic E-state index is 0.308. The molecule has 0 aliphatic rings. The molecular formula is C21H22O5. The van der Waals surface area contributed by atoms with Gasteiger partial charge in [0.1, 0.15) is 6.61 Å². The fraction of sp³-hybridized carbons (Fsp3) is 0.286. The van der Waals surface area contributed by atoms with Gasteiger partial charge < -0.3 is 18.7 Å². The normalized spacial score (nSPS) is 13.3. The quantitative estimate of drug-likeness (QED) is 0.496. The van der Waals surface area contributed by atoms with Crippen LogP contribution >= 0.6 is 0 Å². The van der Waals surface area contributed by atoms with E-state index in [9.17, 15) is 9.90 Å². The van der Waals surface area contributed by atoms with Crippen molar-refractivity contribution in [2.24, 2.45) is 0 Å². The zero-order valence-electron chi connectivity index (χ0n) is 15.0. The third kappa shape index (κ3) is 3.89. The fourth-order valence-corrected chi connectivity index (χ4v) is 2.72. The number of allylic oxidation sites excluding steroid dienone is 1. The Hall–Kier alpha value is -2.79. The van der Waals surface area contributed by atoms with Gasteiger partial charge >= 0.3 is 5.63 Å². The molecule has 0 fully saturated rings. The first-order valence-electron chi connectivity index (χ1n) is 8.51. The Balaban J connectivity index is 1.80. The van der Waals surface area contributed by atoms with Crippen molar-refractivity contribution in [1.29, 1.82) is 0 Å². The fourth-order valence-electron chi connectivity index (χ4n) is 2.72. The molecule has 5 nitrogen and oxygen atoms in total. The third-order valence-corrected chi connectivity index (χ3v) is 4.32. The molecule has 3 rings (SSSR count). The van der Waals surface area contributed by atoms with Crippen molar-refractivity contribution in [3.63, 3.8) is 0 Å². The van der Waals surface area contributed by atoms with E-state index < -0.39 is 11.7 Å². The lowest BCUT2D eigenvalue weighted by Gasteiger charge is -2.10. The predicted molar refractivity (Wildman–Crippen MR) is 102 cm³/mol. The molecule has 1 N–H and O–H groups in total. The second kappa shape index (κ2) is 7.62. The van der Waals surface area contributed by atoms with E-state index in [1.54, 1.807) is 12.3 Å². The van der Waals surface area contributed by atoms with Crippen LogP contribution in [0.1, 0.15) is 26.7 Å². The van der Waals surface area contributed by atoms with Crippen LogP contribution in [0, 0.1) is 0 Å². The smallest absolute Gasteiger partial charge is 0.336 e. The number of hydrogen-bond donors (Lipinski definition) is 1. The average Bonchev–Trinajstić information content (AvgIpc) is 3.07.